The number of amides is 2. The molecule has 0 aliphatic carbocycles. The number of esters is 1. The van der Waals surface area contributed by atoms with Gasteiger partial charge in [-0.1, -0.05) is 29.8 Å². The fourth-order valence-corrected chi connectivity index (χ4v) is 2.11. The second kappa shape index (κ2) is 8.19. The number of hydrogen-bond acceptors (Lipinski definition) is 3. The molecule has 0 aliphatic rings. The van der Waals surface area contributed by atoms with Crippen LogP contribution >= 0.6 is 11.6 Å². The molecule has 0 unspecified atom stereocenters. The van der Waals surface area contributed by atoms with Crippen molar-refractivity contribution in [3.63, 3.8) is 0 Å². The van der Waals surface area contributed by atoms with E-state index in [0.717, 1.165) is 5.56 Å². The van der Waals surface area contributed by atoms with E-state index >= 15 is 0 Å². The minimum atomic E-state index is -0.447. The van der Waals surface area contributed by atoms with Crippen LogP contribution in [-0.2, 0) is 11.2 Å². The largest absolute Gasteiger partial charge is 0.465 e. The van der Waals surface area contributed by atoms with Gasteiger partial charge >= 0.3 is 12.0 Å². The normalized spacial score (nSPS) is 10.0. The molecule has 0 heterocycles. The van der Waals surface area contributed by atoms with Gasteiger partial charge in [0.05, 0.1) is 12.7 Å². The van der Waals surface area contributed by atoms with Crippen molar-refractivity contribution in [1.82, 2.24) is 5.32 Å². The lowest BCUT2D eigenvalue weighted by Gasteiger charge is -2.08. The van der Waals surface area contributed by atoms with Crippen molar-refractivity contribution in [3.8, 4) is 0 Å². The number of halogens is 1. The molecule has 0 aromatic heterocycles. The summed E-state index contributed by atoms with van der Waals surface area (Å²) in [6, 6.07) is 13.7. The topological polar surface area (TPSA) is 67.4 Å². The molecule has 120 valence electrons. The van der Waals surface area contributed by atoms with Crippen LogP contribution in [0.1, 0.15) is 15.9 Å². The van der Waals surface area contributed by atoms with Gasteiger partial charge in [0.2, 0.25) is 0 Å². The first-order chi connectivity index (χ1) is 11.1. The Balaban J connectivity index is 1.82. The number of nitrogens with one attached hydrogen (secondary N) is 2. The molecule has 2 N–H and O–H groups in total. The molecular formula is C17H17ClN2O3. The summed E-state index contributed by atoms with van der Waals surface area (Å²) in [7, 11) is 1.31. The molecule has 2 amide bonds. The van der Waals surface area contributed by atoms with Gasteiger partial charge in [0.1, 0.15) is 0 Å². The zero-order chi connectivity index (χ0) is 16.7. The lowest BCUT2D eigenvalue weighted by atomic mass is 10.1. The molecule has 0 bridgehead atoms. The fraction of sp³-hybridized carbons (Fsp3) is 0.176. The summed E-state index contributed by atoms with van der Waals surface area (Å²) in [5, 5.41) is 6.12. The number of methoxy groups -OCH3 is 1. The fourth-order valence-electron chi connectivity index (χ4n) is 1.99. The Morgan fingerprint density at radius 1 is 1.13 bits per heavy atom. The standard InChI is InChI=1S/C17H17ClN2O3/c1-23-16(21)13-3-2-4-15(11-13)20-17(22)19-10-9-12-5-7-14(18)8-6-12/h2-8,11H,9-10H2,1H3,(H2,19,20,22). The molecule has 2 aromatic carbocycles. The number of ether oxygens (including phenoxy) is 1. The van der Waals surface area contributed by atoms with Gasteiger partial charge in [0.15, 0.2) is 0 Å². The summed E-state index contributed by atoms with van der Waals surface area (Å²) in [5.41, 5.74) is 1.99. The molecule has 2 rings (SSSR count). The van der Waals surface area contributed by atoms with E-state index < -0.39 is 5.97 Å². The Hall–Kier alpha value is -2.53. The second-order valence-electron chi connectivity index (χ2n) is 4.83. The van der Waals surface area contributed by atoms with Gasteiger partial charge in [-0.15, -0.1) is 0 Å². The predicted molar refractivity (Wildman–Crippen MR) is 90.0 cm³/mol. The quantitative estimate of drug-likeness (QED) is 0.824. The van der Waals surface area contributed by atoms with Crippen LogP contribution in [0.25, 0.3) is 0 Å². The highest BCUT2D eigenvalue weighted by molar-refractivity contribution is 6.30. The van der Waals surface area contributed by atoms with E-state index in [4.69, 9.17) is 11.6 Å². The zero-order valence-corrected chi connectivity index (χ0v) is 13.4. The monoisotopic (exact) mass is 332 g/mol. The Bertz CT molecular complexity index is 686. The van der Waals surface area contributed by atoms with E-state index in [9.17, 15) is 9.59 Å². The molecule has 23 heavy (non-hydrogen) atoms. The molecule has 0 fully saturated rings. The van der Waals surface area contributed by atoms with E-state index in [0.29, 0.717) is 29.2 Å². The second-order valence-corrected chi connectivity index (χ2v) is 5.27. The van der Waals surface area contributed by atoms with Gasteiger partial charge in [0, 0.05) is 17.3 Å². The minimum Gasteiger partial charge on any atom is -0.465 e. The molecule has 0 atom stereocenters. The maximum atomic E-state index is 11.8. The predicted octanol–water partition coefficient (Wildman–Crippen LogP) is 3.49. The highest BCUT2D eigenvalue weighted by Crippen LogP contribution is 2.12. The van der Waals surface area contributed by atoms with E-state index in [1.807, 2.05) is 24.3 Å². The average Bonchev–Trinajstić information content (AvgIpc) is 2.56. The lowest BCUT2D eigenvalue weighted by Crippen LogP contribution is -2.30. The Kier molecular flexibility index (Phi) is 6.00. The number of carbonyl (C=O) groups is 2. The number of carbonyl (C=O) groups excluding carboxylic acids is 2. The molecule has 6 heteroatoms. The summed E-state index contributed by atoms with van der Waals surface area (Å²) >= 11 is 5.82. The highest BCUT2D eigenvalue weighted by Gasteiger charge is 2.07. The number of rotatable bonds is 5. The van der Waals surface area contributed by atoms with Gasteiger partial charge in [-0.05, 0) is 42.3 Å². The molecular weight excluding hydrogens is 316 g/mol. The molecule has 5 nitrogen and oxygen atoms in total. The minimum absolute atomic E-state index is 0.332. The molecule has 0 saturated heterocycles. The smallest absolute Gasteiger partial charge is 0.337 e. The highest BCUT2D eigenvalue weighted by atomic mass is 35.5. The average molecular weight is 333 g/mol. The summed E-state index contributed by atoms with van der Waals surface area (Å²) in [5.74, 6) is -0.447. The summed E-state index contributed by atoms with van der Waals surface area (Å²) in [4.78, 5) is 23.3. The van der Waals surface area contributed by atoms with Gasteiger partial charge in [0.25, 0.3) is 0 Å². The first-order valence-corrected chi connectivity index (χ1v) is 7.44. The maximum absolute atomic E-state index is 11.8. The SMILES string of the molecule is COC(=O)c1cccc(NC(=O)NCCc2ccc(Cl)cc2)c1. The van der Waals surface area contributed by atoms with Gasteiger partial charge < -0.3 is 15.4 Å². The van der Waals surface area contributed by atoms with E-state index in [-0.39, 0.29) is 6.03 Å². The summed E-state index contributed by atoms with van der Waals surface area (Å²) in [6.45, 7) is 0.490. The number of hydrogen-bond donors (Lipinski definition) is 2. The van der Waals surface area contributed by atoms with Crippen LogP contribution in [0.2, 0.25) is 5.02 Å². The number of benzene rings is 2. The van der Waals surface area contributed by atoms with Crippen molar-refractivity contribution in [2.75, 3.05) is 19.0 Å². The Morgan fingerprint density at radius 3 is 2.57 bits per heavy atom. The molecule has 0 radical (unpaired) electrons. The number of anilines is 1. The van der Waals surface area contributed by atoms with E-state index in [1.165, 1.54) is 7.11 Å². The Morgan fingerprint density at radius 2 is 1.87 bits per heavy atom. The first kappa shape index (κ1) is 16.8. The lowest BCUT2D eigenvalue weighted by molar-refractivity contribution is 0.0600. The van der Waals surface area contributed by atoms with Crippen LogP contribution in [-0.4, -0.2) is 25.7 Å². The van der Waals surface area contributed by atoms with Crippen LogP contribution in [0, 0.1) is 0 Å². The van der Waals surface area contributed by atoms with Crippen molar-refractivity contribution in [2.45, 2.75) is 6.42 Å². The number of urea groups is 1. The third kappa shape index (κ3) is 5.30. The van der Waals surface area contributed by atoms with Gasteiger partial charge in [-0.25, -0.2) is 9.59 Å². The van der Waals surface area contributed by atoms with Crippen molar-refractivity contribution in [3.05, 3.63) is 64.7 Å². The van der Waals surface area contributed by atoms with Crippen molar-refractivity contribution >= 4 is 29.3 Å². The van der Waals surface area contributed by atoms with Crippen molar-refractivity contribution in [1.29, 1.82) is 0 Å². The van der Waals surface area contributed by atoms with Crippen molar-refractivity contribution < 1.29 is 14.3 Å². The maximum Gasteiger partial charge on any atom is 0.337 e. The van der Waals surface area contributed by atoms with Crippen LogP contribution < -0.4 is 10.6 Å². The molecule has 2 aromatic rings. The Labute approximate surface area is 139 Å². The van der Waals surface area contributed by atoms with Crippen LogP contribution in [0.5, 0.6) is 0 Å². The molecule has 0 saturated carbocycles. The third-order valence-electron chi connectivity index (χ3n) is 3.15. The van der Waals surface area contributed by atoms with E-state index in [2.05, 4.69) is 15.4 Å². The molecule has 0 aliphatic heterocycles. The summed E-state index contributed by atoms with van der Waals surface area (Å²) < 4.78 is 4.64. The van der Waals surface area contributed by atoms with Crippen molar-refractivity contribution in [2.24, 2.45) is 0 Å². The zero-order valence-electron chi connectivity index (χ0n) is 12.6. The first-order valence-electron chi connectivity index (χ1n) is 7.06. The van der Waals surface area contributed by atoms with Gasteiger partial charge in [-0.2, -0.15) is 0 Å². The third-order valence-corrected chi connectivity index (χ3v) is 3.41. The van der Waals surface area contributed by atoms with E-state index in [1.54, 1.807) is 24.3 Å². The van der Waals surface area contributed by atoms with Gasteiger partial charge in [-0.3, -0.25) is 0 Å². The summed E-state index contributed by atoms with van der Waals surface area (Å²) in [6.07, 6.45) is 0.701. The molecule has 0 spiro atoms. The van der Waals surface area contributed by atoms with Crippen LogP contribution in [0.15, 0.2) is 48.5 Å². The van der Waals surface area contributed by atoms with Crippen LogP contribution in [0.4, 0.5) is 10.5 Å². The van der Waals surface area contributed by atoms with Crippen LogP contribution in [0.3, 0.4) is 0 Å².